The molecule has 0 bridgehead atoms. The molecule has 10 heteroatoms. The monoisotopic (exact) mass is 346 g/mol. The number of carbonyl (C=O) groups is 2. The number of rotatable bonds is 7. The third-order valence-corrected chi connectivity index (χ3v) is 3.35. The zero-order chi connectivity index (χ0) is 17.8. The van der Waals surface area contributed by atoms with Gasteiger partial charge in [-0.3, -0.25) is 14.3 Å². The van der Waals surface area contributed by atoms with Crippen molar-refractivity contribution in [3.8, 4) is 11.5 Å². The predicted octanol–water partition coefficient (Wildman–Crippen LogP) is 0.278. The smallest absolute Gasteiger partial charge is 0.325 e. The van der Waals surface area contributed by atoms with E-state index in [4.69, 9.17) is 14.6 Å². The number of aliphatic carboxylic acids is 1. The Balaban J connectivity index is 3.31. The van der Waals surface area contributed by atoms with Gasteiger partial charge in [-0.2, -0.15) is 0 Å². The zero-order valence-corrected chi connectivity index (χ0v) is 13.9. The third-order valence-electron chi connectivity index (χ3n) is 2.75. The van der Waals surface area contributed by atoms with Gasteiger partial charge in [-0.1, -0.05) is 0 Å². The maximum absolute atomic E-state index is 12.1. The first kappa shape index (κ1) is 18.6. The maximum Gasteiger partial charge on any atom is 0.325 e. The van der Waals surface area contributed by atoms with Crippen LogP contribution in [-0.2, 0) is 14.8 Å². The molecule has 0 saturated heterocycles. The normalized spacial score (nSPS) is 12.2. The Bertz CT molecular complexity index is 715. The number of carboxylic acid groups (broad SMARTS) is 1. The summed E-state index contributed by atoms with van der Waals surface area (Å²) in [6.45, 7) is 1.30. The summed E-state index contributed by atoms with van der Waals surface area (Å²) in [5.41, 5.74) is 0.0179. The van der Waals surface area contributed by atoms with E-state index >= 15 is 0 Å². The molecule has 1 aromatic rings. The summed E-state index contributed by atoms with van der Waals surface area (Å²) >= 11 is 0. The van der Waals surface area contributed by atoms with E-state index in [0.717, 1.165) is 6.26 Å². The fraction of sp³-hybridized carbons (Fsp3) is 0.385. The van der Waals surface area contributed by atoms with Gasteiger partial charge in [0, 0.05) is 5.56 Å². The first-order chi connectivity index (χ1) is 10.6. The largest absolute Gasteiger partial charge is 0.493 e. The summed E-state index contributed by atoms with van der Waals surface area (Å²) in [7, 11) is -0.985. The SMILES string of the molecule is COc1cc(C(=O)N[C@@H](C)C(=O)O)cc(NS(C)(=O)=O)c1OC. The van der Waals surface area contributed by atoms with E-state index in [0.29, 0.717) is 0 Å². The second kappa shape index (κ2) is 7.18. The lowest BCUT2D eigenvalue weighted by Gasteiger charge is -2.16. The van der Waals surface area contributed by atoms with Crippen molar-refractivity contribution < 1.29 is 32.6 Å². The van der Waals surface area contributed by atoms with Gasteiger partial charge in [0.15, 0.2) is 11.5 Å². The number of benzene rings is 1. The molecular weight excluding hydrogens is 328 g/mol. The molecule has 0 spiro atoms. The molecule has 3 N–H and O–H groups in total. The van der Waals surface area contributed by atoms with Crippen LogP contribution in [0.1, 0.15) is 17.3 Å². The van der Waals surface area contributed by atoms with Crippen molar-refractivity contribution >= 4 is 27.6 Å². The zero-order valence-electron chi connectivity index (χ0n) is 13.0. The minimum atomic E-state index is -3.63. The maximum atomic E-state index is 12.1. The number of hydrogen-bond donors (Lipinski definition) is 3. The van der Waals surface area contributed by atoms with Gasteiger partial charge in [0.1, 0.15) is 6.04 Å². The predicted molar refractivity (Wildman–Crippen MR) is 82.6 cm³/mol. The van der Waals surface area contributed by atoms with Crippen LogP contribution >= 0.6 is 0 Å². The molecule has 0 aromatic heterocycles. The summed E-state index contributed by atoms with van der Waals surface area (Å²) in [5, 5.41) is 11.1. The fourth-order valence-corrected chi connectivity index (χ4v) is 2.26. The average molecular weight is 346 g/mol. The van der Waals surface area contributed by atoms with E-state index in [1.807, 2.05) is 0 Å². The molecule has 0 saturated carbocycles. The molecule has 0 aliphatic carbocycles. The molecule has 0 fully saturated rings. The van der Waals surface area contributed by atoms with Crippen molar-refractivity contribution in [1.82, 2.24) is 5.32 Å². The minimum absolute atomic E-state index is 0.00229. The molecule has 1 amide bonds. The summed E-state index contributed by atoms with van der Waals surface area (Å²) in [6.07, 6.45) is 0.943. The van der Waals surface area contributed by atoms with Crippen molar-refractivity contribution in [3.05, 3.63) is 17.7 Å². The molecule has 1 aromatic carbocycles. The molecular formula is C13H18N2O7S. The molecule has 1 rings (SSSR count). The van der Waals surface area contributed by atoms with E-state index in [1.165, 1.54) is 33.3 Å². The second-order valence-corrected chi connectivity index (χ2v) is 6.42. The highest BCUT2D eigenvalue weighted by atomic mass is 32.2. The number of anilines is 1. The Morgan fingerprint density at radius 3 is 2.26 bits per heavy atom. The Hall–Kier alpha value is -2.49. The van der Waals surface area contributed by atoms with Gasteiger partial charge in [0.25, 0.3) is 5.91 Å². The number of hydrogen-bond acceptors (Lipinski definition) is 6. The molecule has 9 nitrogen and oxygen atoms in total. The highest BCUT2D eigenvalue weighted by molar-refractivity contribution is 7.92. The average Bonchev–Trinajstić information content (AvgIpc) is 2.44. The van der Waals surface area contributed by atoms with Crippen LogP contribution in [0, 0.1) is 0 Å². The summed E-state index contributed by atoms with van der Waals surface area (Å²) in [6, 6.07) is 1.43. The molecule has 128 valence electrons. The Kier molecular flexibility index (Phi) is 5.79. The highest BCUT2D eigenvalue weighted by Crippen LogP contribution is 2.37. The van der Waals surface area contributed by atoms with Crippen molar-refractivity contribution in [2.45, 2.75) is 13.0 Å². The first-order valence-corrected chi connectivity index (χ1v) is 8.25. The van der Waals surface area contributed by atoms with Crippen LogP contribution in [0.5, 0.6) is 11.5 Å². The van der Waals surface area contributed by atoms with Crippen molar-refractivity contribution in [1.29, 1.82) is 0 Å². The number of sulfonamides is 1. The van der Waals surface area contributed by atoms with E-state index in [1.54, 1.807) is 0 Å². The second-order valence-electron chi connectivity index (χ2n) is 4.67. The van der Waals surface area contributed by atoms with Crippen LogP contribution < -0.4 is 19.5 Å². The topological polar surface area (TPSA) is 131 Å². The number of methoxy groups -OCH3 is 2. The lowest BCUT2D eigenvalue weighted by molar-refractivity contribution is -0.138. The quantitative estimate of drug-likeness (QED) is 0.646. The van der Waals surface area contributed by atoms with Crippen LogP contribution in [-0.4, -0.2) is 51.9 Å². The highest BCUT2D eigenvalue weighted by Gasteiger charge is 2.21. The van der Waals surface area contributed by atoms with Crippen molar-refractivity contribution in [2.75, 3.05) is 25.2 Å². The van der Waals surface area contributed by atoms with Gasteiger partial charge in [-0.25, -0.2) is 8.42 Å². The fourth-order valence-electron chi connectivity index (χ4n) is 1.71. The number of ether oxygens (including phenoxy) is 2. The summed E-state index contributed by atoms with van der Waals surface area (Å²) < 4.78 is 35.2. The third kappa shape index (κ3) is 5.02. The number of amides is 1. The Morgan fingerprint density at radius 2 is 1.83 bits per heavy atom. The van der Waals surface area contributed by atoms with E-state index < -0.39 is 27.9 Å². The van der Waals surface area contributed by atoms with Gasteiger partial charge in [0.05, 0.1) is 26.2 Å². The Labute approximate surface area is 133 Å². The number of nitrogens with one attached hydrogen (secondary N) is 2. The molecule has 0 aliphatic rings. The molecule has 0 radical (unpaired) electrons. The summed E-state index contributed by atoms with van der Waals surface area (Å²) in [5.74, 6) is -1.68. The molecule has 0 heterocycles. The molecule has 0 aliphatic heterocycles. The number of carboxylic acids is 1. The van der Waals surface area contributed by atoms with Gasteiger partial charge >= 0.3 is 5.97 Å². The molecule has 23 heavy (non-hydrogen) atoms. The van der Waals surface area contributed by atoms with Gasteiger partial charge in [0.2, 0.25) is 10.0 Å². The lowest BCUT2D eigenvalue weighted by Crippen LogP contribution is -2.38. The van der Waals surface area contributed by atoms with Crippen molar-refractivity contribution in [3.63, 3.8) is 0 Å². The van der Waals surface area contributed by atoms with Gasteiger partial charge < -0.3 is 19.9 Å². The van der Waals surface area contributed by atoms with Crippen LogP contribution in [0.15, 0.2) is 12.1 Å². The van der Waals surface area contributed by atoms with E-state index in [2.05, 4.69) is 10.0 Å². The Morgan fingerprint density at radius 1 is 1.22 bits per heavy atom. The van der Waals surface area contributed by atoms with Gasteiger partial charge in [-0.05, 0) is 19.1 Å². The van der Waals surface area contributed by atoms with Gasteiger partial charge in [-0.15, -0.1) is 0 Å². The van der Waals surface area contributed by atoms with E-state index in [9.17, 15) is 18.0 Å². The van der Waals surface area contributed by atoms with Crippen LogP contribution in [0.25, 0.3) is 0 Å². The standard InChI is InChI=1S/C13H18N2O7S/c1-7(13(17)18)14-12(16)8-5-9(15-23(4,19)20)11(22-3)10(6-8)21-2/h5-7,15H,1-4H3,(H,14,16)(H,17,18)/t7-/m0/s1. The minimum Gasteiger partial charge on any atom is -0.493 e. The van der Waals surface area contributed by atoms with Crippen LogP contribution in [0.2, 0.25) is 0 Å². The van der Waals surface area contributed by atoms with Crippen LogP contribution in [0.3, 0.4) is 0 Å². The lowest BCUT2D eigenvalue weighted by atomic mass is 10.1. The molecule has 1 atom stereocenters. The first-order valence-electron chi connectivity index (χ1n) is 6.36. The molecule has 0 unspecified atom stereocenters. The van der Waals surface area contributed by atoms with E-state index in [-0.39, 0.29) is 22.7 Å². The van der Waals surface area contributed by atoms with Crippen LogP contribution in [0.4, 0.5) is 5.69 Å². The summed E-state index contributed by atoms with van der Waals surface area (Å²) in [4.78, 5) is 22.9. The number of carbonyl (C=O) groups excluding carboxylic acids is 1. The van der Waals surface area contributed by atoms with Crippen molar-refractivity contribution in [2.24, 2.45) is 0 Å².